The molecule has 4 amide bonds. The third kappa shape index (κ3) is 2.70. The highest BCUT2D eigenvalue weighted by Crippen LogP contribution is 2.27. The summed E-state index contributed by atoms with van der Waals surface area (Å²) in [6.45, 7) is 1.27. The normalized spacial score (nSPS) is 20.6. The topological polar surface area (TPSA) is 60.9 Å². The van der Waals surface area contributed by atoms with Gasteiger partial charge in [-0.3, -0.25) is 9.59 Å². The van der Waals surface area contributed by atoms with Crippen molar-refractivity contribution in [2.24, 2.45) is 0 Å². The number of anilines is 1. The number of nitrogens with zero attached hydrogens (tertiary/aromatic N) is 3. The molecular formula is C18H17N3O3S. The van der Waals surface area contributed by atoms with Gasteiger partial charge in [-0.15, -0.1) is 0 Å². The summed E-state index contributed by atoms with van der Waals surface area (Å²) in [5, 5.41) is 3.67. The zero-order valence-electron chi connectivity index (χ0n) is 13.5. The van der Waals surface area contributed by atoms with Crippen LogP contribution in [0.2, 0.25) is 0 Å². The lowest BCUT2D eigenvalue weighted by atomic mass is 10.2. The summed E-state index contributed by atoms with van der Waals surface area (Å²) in [5.41, 5.74) is 1.21. The maximum atomic E-state index is 12.9. The average molecular weight is 355 g/mol. The van der Waals surface area contributed by atoms with Crippen molar-refractivity contribution in [2.45, 2.75) is 12.5 Å². The van der Waals surface area contributed by atoms with E-state index in [9.17, 15) is 14.4 Å². The van der Waals surface area contributed by atoms with Crippen molar-refractivity contribution in [3.05, 3.63) is 52.7 Å². The zero-order chi connectivity index (χ0) is 17.4. The lowest BCUT2D eigenvalue weighted by Crippen LogP contribution is -2.43. The average Bonchev–Trinajstić information content (AvgIpc) is 3.16. The Morgan fingerprint density at radius 2 is 1.88 bits per heavy atom. The third-order valence-corrected chi connectivity index (χ3v) is 5.29. The van der Waals surface area contributed by atoms with Gasteiger partial charge in [0.15, 0.2) is 0 Å². The van der Waals surface area contributed by atoms with Crippen molar-refractivity contribution in [1.82, 2.24) is 9.80 Å². The van der Waals surface area contributed by atoms with E-state index in [2.05, 4.69) is 0 Å². The molecule has 2 aliphatic rings. The largest absolute Gasteiger partial charge is 0.336 e. The van der Waals surface area contributed by atoms with E-state index in [1.165, 1.54) is 16.2 Å². The molecule has 128 valence electrons. The van der Waals surface area contributed by atoms with E-state index in [1.807, 2.05) is 16.8 Å². The van der Waals surface area contributed by atoms with Crippen LogP contribution in [-0.2, 0) is 4.79 Å². The van der Waals surface area contributed by atoms with E-state index in [-0.39, 0.29) is 24.4 Å². The molecule has 2 aliphatic heterocycles. The molecule has 4 rings (SSSR count). The van der Waals surface area contributed by atoms with Crippen molar-refractivity contribution in [1.29, 1.82) is 0 Å². The molecular weight excluding hydrogens is 338 g/mol. The van der Waals surface area contributed by atoms with Gasteiger partial charge in [-0.2, -0.15) is 11.3 Å². The summed E-state index contributed by atoms with van der Waals surface area (Å²) < 4.78 is 0. The Kier molecular flexibility index (Phi) is 4.01. The number of para-hydroxylation sites is 1. The van der Waals surface area contributed by atoms with Crippen LogP contribution in [0, 0.1) is 0 Å². The first-order valence-corrected chi connectivity index (χ1v) is 9.12. The zero-order valence-corrected chi connectivity index (χ0v) is 14.3. The third-order valence-electron chi connectivity index (χ3n) is 4.61. The molecule has 2 saturated heterocycles. The molecule has 0 saturated carbocycles. The first-order valence-electron chi connectivity index (χ1n) is 8.18. The van der Waals surface area contributed by atoms with Gasteiger partial charge in [-0.1, -0.05) is 18.2 Å². The Balaban J connectivity index is 1.60. The standard InChI is InChI=1S/C18H17N3O3S/c22-16(13-7-10-25-12-13)19-8-4-9-20-15(11-19)17(23)21(18(20)24)14-5-2-1-3-6-14/h1-3,5-7,10,12,15H,4,8-9,11H2. The van der Waals surface area contributed by atoms with Crippen molar-refractivity contribution in [3.8, 4) is 0 Å². The Bertz CT molecular complexity index is 806. The molecule has 1 atom stereocenters. The molecule has 0 aliphatic carbocycles. The molecule has 1 unspecified atom stereocenters. The van der Waals surface area contributed by atoms with Gasteiger partial charge in [-0.05, 0) is 30.0 Å². The lowest BCUT2D eigenvalue weighted by molar-refractivity contribution is -0.119. The molecule has 0 N–H and O–H groups in total. The molecule has 1 aromatic heterocycles. The number of amides is 4. The van der Waals surface area contributed by atoms with E-state index >= 15 is 0 Å². The van der Waals surface area contributed by atoms with Gasteiger partial charge in [0.25, 0.3) is 11.8 Å². The molecule has 7 heteroatoms. The fourth-order valence-electron chi connectivity index (χ4n) is 3.37. The lowest BCUT2D eigenvalue weighted by Gasteiger charge is -2.23. The van der Waals surface area contributed by atoms with Crippen LogP contribution in [0.1, 0.15) is 16.8 Å². The highest BCUT2D eigenvalue weighted by atomic mass is 32.1. The van der Waals surface area contributed by atoms with Gasteiger partial charge in [0.2, 0.25) is 0 Å². The number of hydrogen-bond acceptors (Lipinski definition) is 4. The minimum atomic E-state index is -0.613. The van der Waals surface area contributed by atoms with Crippen molar-refractivity contribution in [3.63, 3.8) is 0 Å². The second-order valence-corrected chi connectivity index (χ2v) is 6.90. The smallest absolute Gasteiger partial charge is 0.332 e. The summed E-state index contributed by atoms with van der Waals surface area (Å²) in [4.78, 5) is 42.8. The quantitative estimate of drug-likeness (QED) is 0.778. The first-order chi connectivity index (χ1) is 12.2. The summed E-state index contributed by atoms with van der Waals surface area (Å²) in [5.74, 6) is -0.345. The molecule has 1 aromatic carbocycles. The number of fused-ring (bicyclic) bond motifs is 1. The second-order valence-electron chi connectivity index (χ2n) is 6.12. The number of carbonyl (C=O) groups is 3. The van der Waals surface area contributed by atoms with Crippen LogP contribution >= 0.6 is 11.3 Å². The maximum Gasteiger partial charge on any atom is 0.332 e. The van der Waals surface area contributed by atoms with Gasteiger partial charge in [0.05, 0.1) is 17.8 Å². The number of imide groups is 1. The fraction of sp³-hybridized carbons (Fsp3) is 0.278. The molecule has 0 bridgehead atoms. The number of urea groups is 1. The maximum absolute atomic E-state index is 12.9. The molecule has 0 radical (unpaired) electrons. The van der Waals surface area contributed by atoms with Gasteiger partial charge >= 0.3 is 6.03 Å². The predicted octanol–water partition coefficient (Wildman–Crippen LogP) is 2.43. The molecule has 2 fully saturated rings. The highest BCUT2D eigenvalue weighted by Gasteiger charge is 2.47. The first kappa shape index (κ1) is 15.8. The van der Waals surface area contributed by atoms with E-state index in [0.29, 0.717) is 30.8 Å². The Labute approximate surface area is 149 Å². The van der Waals surface area contributed by atoms with Crippen LogP contribution in [-0.4, -0.2) is 53.3 Å². The van der Waals surface area contributed by atoms with E-state index in [0.717, 1.165) is 0 Å². The Morgan fingerprint density at radius 3 is 2.60 bits per heavy atom. The van der Waals surface area contributed by atoms with Crippen molar-refractivity contribution < 1.29 is 14.4 Å². The Hall–Kier alpha value is -2.67. The monoisotopic (exact) mass is 355 g/mol. The molecule has 2 aromatic rings. The molecule has 6 nitrogen and oxygen atoms in total. The minimum absolute atomic E-state index is 0.0819. The Morgan fingerprint density at radius 1 is 1.08 bits per heavy atom. The SMILES string of the molecule is O=C(c1ccsc1)N1CCCN2C(=O)N(c3ccccc3)C(=O)C2C1. The summed E-state index contributed by atoms with van der Waals surface area (Å²) in [7, 11) is 0. The van der Waals surface area contributed by atoms with Crippen LogP contribution in [0.5, 0.6) is 0 Å². The van der Waals surface area contributed by atoms with Gasteiger partial charge in [0, 0.05) is 18.5 Å². The predicted molar refractivity (Wildman–Crippen MR) is 94.7 cm³/mol. The number of thiophene rings is 1. The number of hydrogen-bond donors (Lipinski definition) is 0. The van der Waals surface area contributed by atoms with Crippen LogP contribution < -0.4 is 4.90 Å². The van der Waals surface area contributed by atoms with Crippen LogP contribution in [0.25, 0.3) is 0 Å². The van der Waals surface area contributed by atoms with E-state index in [1.54, 1.807) is 40.1 Å². The molecule has 3 heterocycles. The summed E-state index contributed by atoms with van der Waals surface area (Å²) in [6, 6.07) is 9.80. The number of carbonyl (C=O) groups excluding carboxylic acids is 3. The fourth-order valence-corrected chi connectivity index (χ4v) is 4.00. The second kappa shape index (κ2) is 6.33. The molecule has 0 spiro atoms. The molecule has 25 heavy (non-hydrogen) atoms. The van der Waals surface area contributed by atoms with Gasteiger partial charge in [-0.25, -0.2) is 9.69 Å². The summed E-state index contributed by atoms with van der Waals surface area (Å²) >= 11 is 1.47. The van der Waals surface area contributed by atoms with Crippen LogP contribution in [0.15, 0.2) is 47.2 Å². The van der Waals surface area contributed by atoms with Gasteiger partial charge in [0.1, 0.15) is 6.04 Å². The van der Waals surface area contributed by atoms with Crippen LogP contribution in [0.3, 0.4) is 0 Å². The van der Waals surface area contributed by atoms with Crippen LogP contribution in [0.4, 0.5) is 10.5 Å². The van der Waals surface area contributed by atoms with E-state index < -0.39 is 6.04 Å². The van der Waals surface area contributed by atoms with E-state index in [4.69, 9.17) is 0 Å². The highest BCUT2D eigenvalue weighted by molar-refractivity contribution is 7.08. The van der Waals surface area contributed by atoms with Crippen molar-refractivity contribution >= 4 is 34.9 Å². The summed E-state index contributed by atoms with van der Waals surface area (Å²) in [6.07, 6.45) is 0.661. The number of benzene rings is 1. The van der Waals surface area contributed by atoms with Gasteiger partial charge < -0.3 is 9.80 Å². The minimum Gasteiger partial charge on any atom is -0.336 e. The number of rotatable bonds is 2. The van der Waals surface area contributed by atoms with Crippen molar-refractivity contribution in [2.75, 3.05) is 24.5 Å².